The maximum Gasteiger partial charge on any atom is 0.278 e. The summed E-state index contributed by atoms with van der Waals surface area (Å²) in [6.45, 7) is 0. The molecular weight excluding hydrogens is 160 g/mol. The second-order valence-corrected chi connectivity index (χ2v) is 2.61. The standard InChI is InChI=1S/C9H7F2N/c10-9(11)8-5-6-3-1-2-4-7(6)12-8/h1-5,9,12H. The predicted octanol–water partition coefficient (Wildman–Crippen LogP) is 3.11. The fraction of sp³-hybridized carbons (Fsp3) is 0.111. The van der Waals surface area contributed by atoms with E-state index in [1.807, 2.05) is 12.1 Å². The molecule has 0 amide bonds. The lowest BCUT2D eigenvalue weighted by atomic mass is 10.2. The van der Waals surface area contributed by atoms with Crippen LogP contribution in [0.5, 0.6) is 0 Å². The number of rotatable bonds is 1. The maximum atomic E-state index is 12.2. The Hall–Kier alpha value is -1.38. The Bertz CT molecular complexity index is 359. The van der Waals surface area contributed by atoms with Crippen molar-refractivity contribution in [3.8, 4) is 0 Å². The first-order valence-corrected chi connectivity index (χ1v) is 3.63. The highest BCUT2D eigenvalue weighted by atomic mass is 19.3. The maximum absolute atomic E-state index is 12.2. The summed E-state index contributed by atoms with van der Waals surface area (Å²) in [4.78, 5) is 2.64. The molecule has 1 nitrogen and oxygen atoms in total. The van der Waals surface area contributed by atoms with Crippen LogP contribution in [0.2, 0.25) is 0 Å². The quantitative estimate of drug-likeness (QED) is 0.671. The average molecular weight is 167 g/mol. The molecule has 2 aromatic rings. The molecule has 1 N–H and O–H groups in total. The molecule has 0 radical (unpaired) electrons. The zero-order chi connectivity index (χ0) is 8.55. The summed E-state index contributed by atoms with van der Waals surface area (Å²) < 4.78 is 24.3. The van der Waals surface area contributed by atoms with Crippen molar-refractivity contribution in [2.24, 2.45) is 0 Å². The van der Waals surface area contributed by atoms with Crippen LogP contribution in [0.4, 0.5) is 8.78 Å². The average Bonchev–Trinajstić information content (AvgIpc) is 2.46. The van der Waals surface area contributed by atoms with E-state index < -0.39 is 6.43 Å². The molecule has 12 heavy (non-hydrogen) atoms. The van der Waals surface area contributed by atoms with E-state index in [0.29, 0.717) is 0 Å². The topological polar surface area (TPSA) is 15.8 Å². The van der Waals surface area contributed by atoms with Crippen LogP contribution in [0.25, 0.3) is 10.9 Å². The van der Waals surface area contributed by atoms with Crippen LogP contribution >= 0.6 is 0 Å². The molecule has 0 saturated heterocycles. The summed E-state index contributed by atoms with van der Waals surface area (Å²) in [5, 5.41) is 0.827. The molecule has 0 bridgehead atoms. The molecule has 2 rings (SSSR count). The van der Waals surface area contributed by atoms with Crippen LogP contribution in [0.15, 0.2) is 30.3 Å². The van der Waals surface area contributed by atoms with Gasteiger partial charge in [-0.25, -0.2) is 8.78 Å². The number of H-pyrrole nitrogens is 1. The molecule has 0 aliphatic rings. The number of halogens is 2. The van der Waals surface area contributed by atoms with Gasteiger partial charge in [-0.15, -0.1) is 0 Å². The zero-order valence-corrected chi connectivity index (χ0v) is 6.22. The fourth-order valence-corrected chi connectivity index (χ4v) is 1.21. The zero-order valence-electron chi connectivity index (χ0n) is 6.22. The van der Waals surface area contributed by atoms with E-state index in [1.165, 1.54) is 6.07 Å². The van der Waals surface area contributed by atoms with Gasteiger partial charge in [0, 0.05) is 5.52 Å². The molecule has 0 spiro atoms. The van der Waals surface area contributed by atoms with Gasteiger partial charge in [-0.05, 0) is 17.5 Å². The van der Waals surface area contributed by atoms with E-state index in [4.69, 9.17) is 0 Å². The summed E-state index contributed by atoms with van der Waals surface area (Å²) in [7, 11) is 0. The largest absolute Gasteiger partial charge is 0.354 e. The lowest BCUT2D eigenvalue weighted by Gasteiger charge is -1.90. The highest BCUT2D eigenvalue weighted by Gasteiger charge is 2.09. The van der Waals surface area contributed by atoms with E-state index in [1.54, 1.807) is 12.1 Å². The van der Waals surface area contributed by atoms with Crippen LogP contribution in [-0.2, 0) is 0 Å². The third kappa shape index (κ3) is 1.07. The number of alkyl halides is 2. The van der Waals surface area contributed by atoms with Crippen molar-refractivity contribution in [2.75, 3.05) is 0 Å². The third-order valence-corrected chi connectivity index (χ3v) is 1.79. The van der Waals surface area contributed by atoms with Gasteiger partial charge in [-0.3, -0.25) is 0 Å². The number of aromatic nitrogens is 1. The summed E-state index contributed by atoms with van der Waals surface area (Å²) in [6, 6.07) is 8.69. The molecule has 0 aliphatic heterocycles. The van der Waals surface area contributed by atoms with Crippen molar-refractivity contribution in [1.29, 1.82) is 0 Å². The molecule has 1 heterocycles. The molecule has 62 valence electrons. The number of hydrogen-bond acceptors (Lipinski definition) is 0. The van der Waals surface area contributed by atoms with Crippen LogP contribution in [0, 0.1) is 0 Å². The van der Waals surface area contributed by atoms with Gasteiger partial charge in [0.15, 0.2) is 0 Å². The number of hydrogen-bond donors (Lipinski definition) is 1. The van der Waals surface area contributed by atoms with Gasteiger partial charge in [-0.1, -0.05) is 18.2 Å². The van der Waals surface area contributed by atoms with E-state index in [-0.39, 0.29) is 5.69 Å². The summed E-state index contributed by atoms with van der Waals surface area (Å²) in [5.74, 6) is 0. The fourth-order valence-electron chi connectivity index (χ4n) is 1.21. The van der Waals surface area contributed by atoms with Crippen LogP contribution in [0.3, 0.4) is 0 Å². The van der Waals surface area contributed by atoms with Gasteiger partial charge in [0.1, 0.15) is 0 Å². The Morgan fingerprint density at radius 3 is 2.58 bits per heavy atom. The van der Waals surface area contributed by atoms with Crippen molar-refractivity contribution in [3.05, 3.63) is 36.0 Å². The molecule has 0 unspecified atom stereocenters. The molecular formula is C9H7F2N. The third-order valence-electron chi connectivity index (χ3n) is 1.79. The number of aromatic amines is 1. The van der Waals surface area contributed by atoms with Gasteiger partial charge in [0.05, 0.1) is 5.69 Å². The highest BCUT2D eigenvalue weighted by molar-refractivity contribution is 5.80. The number of fused-ring (bicyclic) bond motifs is 1. The van der Waals surface area contributed by atoms with Crippen molar-refractivity contribution < 1.29 is 8.78 Å². The second-order valence-electron chi connectivity index (χ2n) is 2.61. The van der Waals surface area contributed by atoms with E-state index in [9.17, 15) is 8.78 Å². The van der Waals surface area contributed by atoms with Gasteiger partial charge < -0.3 is 4.98 Å². The lowest BCUT2D eigenvalue weighted by molar-refractivity contribution is 0.147. The van der Waals surface area contributed by atoms with Gasteiger partial charge in [0.2, 0.25) is 0 Å². The summed E-state index contributed by atoms with van der Waals surface area (Å²) >= 11 is 0. The Kier molecular flexibility index (Phi) is 1.57. The first kappa shape index (κ1) is 7.28. The lowest BCUT2D eigenvalue weighted by Crippen LogP contribution is -1.80. The number of benzene rings is 1. The van der Waals surface area contributed by atoms with Crippen LogP contribution in [-0.4, -0.2) is 4.98 Å². The van der Waals surface area contributed by atoms with Gasteiger partial charge >= 0.3 is 0 Å². The van der Waals surface area contributed by atoms with Crippen molar-refractivity contribution in [1.82, 2.24) is 4.98 Å². The van der Waals surface area contributed by atoms with Gasteiger partial charge in [0.25, 0.3) is 6.43 Å². The molecule has 0 fully saturated rings. The Labute approximate surface area is 68.0 Å². The normalized spacial score (nSPS) is 11.2. The first-order chi connectivity index (χ1) is 5.77. The monoisotopic (exact) mass is 167 g/mol. The summed E-state index contributed by atoms with van der Waals surface area (Å²) in [5.41, 5.74) is 0.740. The van der Waals surface area contributed by atoms with Crippen molar-refractivity contribution in [3.63, 3.8) is 0 Å². The Morgan fingerprint density at radius 1 is 1.17 bits per heavy atom. The minimum atomic E-state index is -2.42. The van der Waals surface area contributed by atoms with Crippen molar-refractivity contribution in [2.45, 2.75) is 6.43 Å². The predicted molar refractivity (Wildman–Crippen MR) is 43.3 cm³/mol. The minimum absolute atomic E-state index is 0.0174. The van der Waals surface area contributed by atoms with Crippen molar-refractivity contribution >= 4 is 10.9 Å². The van der Waals surface area contributed by atoms with E-state index >= 15 is 0 Å². The Morgan fingerprint density at radius 2 is 1.92 bits per heavy atom. The van der Waals surface area contributed by atoms with Crippen LogP contribution in [0.1, 0.15) is 12.1 Å². The van der Waals surface area contributed by atoms with Gasteiger partial charge in [-0.2, -0.15) is 0 Å². The molecule has 1 aromatic heterocycles. The molecule has 0 saturated carbocycles. The molecule has 0 atom stereocenters. The molecule has 0 aliphatic carbocycles. The summed E-state index contributed by atoms with van der Waals surface area (Å²) in [6.07, 6.45) is -2.42. The van der Waals surface area contributed by atoms with E-state index in [2.05, 4.69) is 4.98 Å². The number of nitrogens with one attached hydrogen (secondary N) is 1. The number of para-hydroxylation sites is 1. The second kappa shape index (κ2) is 2.59. The SMILES string of the molecule is FC(F)c1cc2ccccc2[nH]1. The Balaban J connectivity index is 2.62. The molecule has 3 heteroatoms. The first-order valence-electron chi connectivity index (χ1n) is 3.63. The van der Waals surface area contributed by atoms with Crippen LogP contribution < -0.4 is 0 Å². The smallest absolute Gasteiger partial charge is 0.278 e. The minimum Gasteiger partial charge on any atom is -0.354 e. The van der Waals surface area contributed by atoms with E-state index in [0.717, 1.165) is 10.9 Å². The highest BCUT2D eigenvalue weighted by Crippen LogP contribution is 2.22. The molecule has 1 aromatic carbocycles.